The largest absolute Gasteiger partial charge is 0.366 e. The molecule has 84 valence electrons. The van der Waals surface area contributed by atoms with Gasteiger partial charge in [0, 0.05) is 18.4 Å². The fourth-order valence-electron chi connectivity index (χ4n) is 1.48. The highest BCUT2D eigenvalue weighted by Gasteiger charge is 2.04. The summed E-state index contributed by atoms with van der Waals surface area (Å²) in [6, 6.07) is 8.01. The third-order valence-corrected chi connectivity index (χ3v) is 2.57. The first-order chi connectivity index (χ1) is 7.74. The summed E-state index contributed by atoms with van der Waals surface area (Å²) in [6.07, 6.45) is 3.73. The molecule has 0 saturated heterocycles. The zero-order valence-corrected chi connectivity index (χ0v) is 10.6. The molecule has 0 aliphatic heterocycles. The van der Waals surface area contributed by atoms with Crippen molar-refractivity contribution in [2.45, 2.75) is 19.5 Å². The Kier molecular flexibility index (Phi) is 3.56. The molecular weight excluding hydrogens is 268 g/mol. The molecule has 2 heterocycles. The number of nitrogens with zero attached hydrogens (tertiary/aromatic N) is 3. The first-order valence-electron chi connectivity index (χ1n) is 5.10. The van der Waals surface area contributed by atoms with E-state index < -0.39 is 0 Å². The zero-order valence-electron chi connectivity index (χ0n) is 8.97. The Hall–Kier alpha value is -1.36. The maximum Gasteiger partial charge on any atom is 0.127 e. The Labute approximate surface area is 103 Å². The summed E-state index contributed by atoms with van der Waals surface area (Å²) in [7, 11) is 0. The predicted octanol–water partition coefficient (Wildman–Crippen LogP) is 2.54. The van der Waals surface area contributed by atoms with Crippen LogP contribution < -0.4 is 5.32 Å². The number of aromatic nitrogens is 3. The SMILES string of the molecule is CC(Cn1cccn1)Nc1cccc(Br)n1. The van der Waals surface area contributed by atoms with Gasteiger partial charge in [0.25, 0.3) is 0 Å². The molecule has 1 unspecified atom stereocenters. The van der Waals surface area contributed by atoms with Gasteiger partial charge in [-0.1, -0.05) is 6.07 Å². The molecule has 1 atom stereocenters. The van der Waals surface area contributed by atoms with Crippen LogP contribution in [0.1, 0.15) is 6.92 Å². The molecule has 2 rings (SSSR count). The van der Waals surface area contributed by atoms with Crippen LogP contribution in [0.5, 0.6) is 0 Å². The van der Waals surface area contributed by atoms with Gasteiger partial charge in [-0.15, -0.1) is 0 Å². The van der Waals surface area contributed by atoms with E-state index in [9.17, 15) is 0 Å². The van der Waals surface area contributed by atoms with Crippen molar-refractivity contribution in [3.8, 4) is 0 Å². The second-order valence-corrected chi connectivity index (χ2v) is 4.43. The molecule has 0 aliphatic rings. The van der Waals surface area contributed by atoms with Crippen LogP contribution >= 0.6 is 15.9 Å². The molecule has 16 heavy (non-hydrogen) atoms. The van der Waals surface area contributed by atoms with E-state index in [-0.39, 0.29) is 6.04 Å². The quantitative estimate of drug-likeness (QED) is 0.876. The van der Waals surface area contributed by atoms with E-state index in [0.29, 0.717) is 0 Å². The van der Waals surface area contributed by atoms with Crippen LogP contribution in [0.15, 0.2) is 41.3 Å². The molecule has 5 heteroatoms. The van der Waals surface area contributed by atoms with Crippen LogP contribution in [-0.2, 0) is 6.54 Å². The normalized spacial score (nSPS) is 12.4. The molecular formula is C11H13BrN4. The molecule has 1 N–H and O–H groups in total. The van der Waals surface area contributed by atoms with Crippen molar-refractivity contribution < 1.29 is 0 Å². The molecule has 4 nitrogen and oxygen atoms in total. The second-order valence-electron chi connectivity index (χ2n) is 3.62. The van der Waals surface area contributed by atoms with E-state index >= 15 is 0 Å². The number of halogens is 1. The van der Waals surface area contributed by atoms with Crippen LogP contribution in [0.25, 0.3) is 0 Å². The van der Waals surface area contributed by atoms with Crippen LogP contribution in [-0.4, -0.2) is 20.8 Å². The number of pyridine rings is 1. The van der Waals surface area contributed by atoms with Crippen molar-refractivity contribution >= 4 is 21.7 Å². The highest BCUT2D eigenvalue weighted by Crippen LogP contribution is 2.11. The van der Waals surface area contributed by atoms with E-state index in [1.807, 2.05) is 35.1 Å². The summed E-state index contributed by atoms with van der Waals surface area (Å²) in [5.74, 6) is 0.869. The second kappa shape index (κ2) is 5.12. The Morgan fingerprint density at radius 1 is 1.44 bits per heavy atom. The van der Waals surface area contributed by atoms with Gasteiger partial charge in [-0.2, -0.15) is 5.10 Å². The minimum absolute atomic E-state index is 0.279. The van der Waals surface area contributed by atoms with Gasteiger partial charge < -0.3 is 5.32 Å². The van der Waals surface area contributed by atoms with Crippen molar-refractivity contribution in [1.29, 1.82) is 0 Å². The van der Waals surface area contributed by atoms with Gasteiger partial charge in [0.2, 0.25) is 0 Å². The Balaban J connectivity index is 1.94. The van der Waals surface area contributed by atoms with E-state index in [2.05, 4.69) is 38.3 Å². The molecule has 0 aromatic carbocycles. The standard InChI is InChI=1S/C11H13BrN4/c1-9(8-16-7-3-6-13-16)14-11-5-2-4-10(12)15-11/h2-7,9H,8H2,1H3,(H,14,15). The lowest BCUT2D eigenvalue weighted by Gasteiger charge is -2.14. The minimum atomic E-state index is 0.279. The number of anilines is 1. The molecule has 0 radical (unpaired) electrons. The highest BCUT2D eigenvalue weighted by molar-refractivity contribution is 9.10. The van der Waals surface area contributed by atoms with Gasteiger partial charge in [-0.25, -0.2) is 4.98 Å². The van der Waals surface area contributed by atoms with Crippen LogP contribution in [0.2, 0.25) is 0 Å². The number of hydrogen-bond donors (Lipinski definition) is 1. The van der Waals surface area contributed by atoms with Crippen molar-refractivity contribution in [3.05, 3.63) is 41.3 Å². The number of rotatable bonds is 4. The zero-order chi connectivity index (χ0) is 11.4. The van der Waals surface area contributed by atoms with E-state index in [0.717, 1.165) is 17.0 Å². The van der Waals surface area contributed by atoms with Crippen molar-refractivity contribution in [2.75, 3.05) is 5.32 Å². The van der Waals surface area contributed by atoms with Crippen molar-refractivity contribution in [2.24, 2.45) is 0 Å². The summed E-state index contributed by atoms with van der Waals surface area (Å²) in [6.45, 7) is 2.92. The molecule has 0 fully saturated rings. The molecule has 2 aromatic heterocycles. The highest BCUT2D eigenvalue weighted by atomic mass is 79.9. The van der Waals surface area contributed by atoms with Gasteiger partial charge in [0.15, 0.2) is 0 Å². The summed E-state index contributed by atoms with van der Waals surface area (Å²) in [5.41, 5.74) is 0. The fourth-order valence-corrected chi connectivity index (χ4v) is 1.82. The van der Waals surface area contributed by atoms with Gasteiger partial charge in [0.1, 0.15) is 10.4 Å². The fraction of sp³-hybridized carbons (Fsp3) is 0.273. The third-order valence-electron chi connectivity index (χ3n) is 2.13. The third kappa shape index (κ3) is 3.06. The minimum Gasteiger partial charge on any atom is -0.366 e. The van der Waals surface area contributed by atoms with Crippen LogP contribution in [0.4, 0.5) is 5.82 Å². The van der Waals surface area contributed by atoms with E-state index in [4.69, 9.17) is 0 Å². The summed E-state index contributed by atoms with van der Waals surface area (Å²) >= 11 is 3.34. The van der Waals surface area contributed by atoms with Gasteiger partial charge in [-0.05, 0) is 41.1 Å². The summed E-state index contributed by atoms with van der Waals surface area (Å²) in [4.78, 5) is 4.32. The first kappa shape index (κ1) is 11.1. The summed E-state index contributed by atoms with van der Waals surface area (Å²) < 4.78 is 2.74. The van der Waals surface area contributed by atoms with Crippen LogP contribution in [0, 0.1) is 0 Å². The lowest BCUT2D eigenvalue weighted by atomic mass is 10.3. The molecule has 0 bridgehead atoms. The Morgan fingerprint density at radius 2 is 2.31 bits per heavy atom. The Morgan fingerprint density at radius 3 is 3.00 bits per heavy atom. The average Bonchev–Trinajstić information content (AvgIpc) is 2.70. The lowest BCUT2D eigenvalue weighted by molar-refractivity contribution is 0.559. The van der Waals surface area contributed by atoms with E-state index in [1.165, 1.54) is 0 Å². The molecule has 0 saturated carbocycles. The average molecular weight is 281 g/mol. The maximum absolute atomic E-state index is 4.32. The topological polar surface area (TPSA) is 42.7 Å². The molecule has 0 aliphatic carbocycles. The van der Waals surface area contributed by atoms with Crippen molar-refractivity contribution in [1.82, 2.24) is 14.8 Å². The molecule has 0 spiro atoms. The smallest absolute Gasteiger partial charge is 0.127 e. The lowest BCUT2D eigenvalue weighted by Crippen LogP contribution is -2.22. The van der Waals surface area contributed by atoms with E-state index in [1.54, 1.807) is 6.20 Å². The van der Waals surface area contributed by atoms with Crippen molar-refractivity contribution in [3.63, 3.8) is 0 Å². The van der Waals surface area contributed by atoms with Gasteiger partial charge in [0.05, 0.1) is 6.54 Å². The van der Waals surface area contributed by atoms with Gasteiger partial charge in [-0.3, -0.25) is 4.68 Å². The van der Waals surface area contributed by atoms with Gasteiger partial charge >= 0.3 is 0 Å². The number of nitrogens with one attached hydrogen (secondary N) is 1. The Bertz CT molecular complexity index is 441. The number of hydrogen-bond acceptors (Lipinski definition) is 3. The predicted molar refractivity (Wildman–Crippen MR) is 67.2 cm³/mol. The molecule has 0 amide bonds. The monoisotopic (exact) mass is 280 g/mol. The summed E-state index contributed by atoms with van der Waals surface area (Å²) in [5, 5.41) is 7.48. The first-order valence-corrected chi connectivity index (χ1v) is 5.90. The molecule has 2 aromatic rings. The van der Waals surface area contributed by atoms with Crippen LogP contribution in [0.3, 0.4) is 0 Å². The maximum atomic E-state index is 4.32.